The second kappa shape index (κ2) is 12.3. The second-order valence-electron chi connectivity index (χ2n) is 7.59. The van der Waals surface area contributed by atoms with Crippen LogP contribution in [0.15, 0.2) is 12.1 Å². The van der Waals surface area contributed by atoms with Crippen molar-refractivity contribution in [3.05, 3.63) is 29.3 Å². The lowest BCUT2D eigenvalue weighted by Crippen LogP contribution is -2.15. The highest BCUT2D eigenvalue weighted by Gasteiger charge is 2.26. The molecule has 0 spiro atoms. The Morgan fingerprint density at radius 2 is 1.59 bits per heavy atom. The third-order valence-corrected chi connectivity index (χ3v) is 5.61. The molecule has 0 radical (unpaired) electrons. The van der Waals surface area contributed by atoms with E-state index in [1.807, 2.05) is 0 Å². The molecule has 0 saturated heterocycles. The molecule has 0 unspecified atom stereocenters. The van der Waals surface area contributed by atoms with Gasteiger partial charge in [0.15, 0.2) is 11.6 Å². The third kappa shape index (κ3) is 7.02. The van der Waals surface area contributed by atoms with Crippen molar-refractivity contribution in [2.45, 2.75) is 70.1 Å². The van der Waals surface area contributed by atoms with Crippen molar-refractivity contribution in [1.29, 1.82) is 0 Å². The molecule has 0 amide bonds. The quantitative estimate of drug-likeness (QED) is 0.378. The first-order valence-electron chi connectivity index (χ1n) is 10.3. The third-order valence-electron chi connectivity index (χ3n) is 5.61. The summed E-state index contributed by atoms with van der Waals surface area (Å²) in [4.78, 5) is 0. The lowest BCUT2D eigenvalue weighted by molar-refractivity contribution is 0.190. The summed E-state index contributed by atoms with van der Waals surface area (Å²) in [6.07, 6.45) is 8.97. The predicted octanol–water partition coefficient (Wildman–Crippen LogP) is 6.57. The Balaban J connectivity index is 1.80. The minimum atomic E-state index is -0.869. The maximum atomic E-state index is 14.5. The molecule has 0 bridgehead atoms. The zero-order valence-corrected chi connectivity index (χ0v) is 16.5. The van der Waals surface area contributed by atoms with Gasteiger partial charge in [-0.25, -0.2) is 4.39 Å². The fourth-order valence-electron chi connectivity index (χ4n) is 3.99. The van der Waals surface area contributed by atoms with Gasteiger partial charge in [-0.3, -0.25) is 4.39 Å². The first kappa shape index (κ1) is 22.1. The van der Waals surface area contributed by atoms with Crippen molar-refractivity contribution >= 4 is 0 Å². The molecule has 0 aliphatic heterocycles. The highest BCUT2D eigenvalue weighted by atomic mass is 19.2. The molecule has 1 aliphatic carbocycles. The summed E-state index contributed by atoms with van der Waals surface area (Å²) in [7, 11) is 1.68. The summed E-state index contributed by atoms with van der Waals surface area (Å²) in [6.45, 7) is 0.872. The molecule has 0 heterocycles. The van der Waals surface area contributed by atoms with Crippen molar-refractivity contribution in [2.75, 3.05) is 27.0 Å². The molecule has 27 heavy (non-hydrogen) atoms. The highest BCUT2D eigenvalue weighted by molar-refractivity contribution is 5.33. The zero-order valence-electron chi connectivity index (χ0n) is 16.5. The van der Waals surface area contributed by atoms with E-state index in [1.165, 1.54) is 0 Å². The van der Waals surface area contributed by atoms with Crippen molar-refractivity contribution < 1.29 is 22.6 Å². The van der Waals surface area contributed by atoms with Gasteiger partial charge in [0.1, 0.15) is 0 Å². The zero-order chi connectivity index (χ0) is 19.5. The molecule has 1 saturated carbocycles. The fourth-order valence-corrected chi connectivity index (χ4v) is 3.99. The Morgan fingerprint density at radius 3 is 2.26 bits per heavy atom. The van der Waals surface area contributed by atoms with E-state index >= 15 is 0 Å². The molecule has 154 valence electrons. The van der Waals surface area contributed by atoms with Crippen LogP contribution in [-0.2, 0) is 4.74 Å². The highest BCUT2D eigenvalue weighted by Crippen LogP contribution is 2.39. The summed E-state index contributed by atoms with van der Waals surface area (Å²) < 4.78 is 51.7. The molecule has 1 aliphatic rings. The van der Waals surface area contributed by atoms with E-state index in [1.54, 1.807) is 19.2 Å². The molecule has 5 heteroatoms. The average Bonchev–Trinajstić information content (AvgIpc) is 2.69. The minimum Gasteiger partial charge on any atom is -0.490 e. The average molecular weight is 386 g/mol. The van der Waals surface area contributed by atoms with E-state index in [0.717, 1.165) is 64.4 Å². The molecule has 1 aromatic rings. The monoisotopic (exact) mass is 386 g/mol. The van der Waals surface area contributed by atoms with Crippen LogP contribution in [0, 0.1) is 17.6 Å². The van der Waals surface area contributed by atoms with Gasteiger partial charge in [-0.15, -0.1) is 0 Å². The van der Waals surface area contributed by atoms with Crippen LogP contribution in [0.2, 0.25) is 0 Å². The smallest absolute Gasteiger partial charge is 0.200 e. The van der Waals surface area contributed by atoms with Crippen molar-refractivity contribution in [1.82, 2.24) is 0 Å². The number of methoxy groups -OCH3 is 1. The number of alkyl halides is 1. The van der Waals surface area contributed by atoms with Crippen molar-refractivity contribution in [3.8, 4) is 5.75 Å². The molecule has 0 aromatic heterocycles. The molecule has 1 fully saturated rings. The van der Waals surface area contributed by atoms with Gasteiger partial charge in [0, 0.05) is 13.7 Å². The van der Waals surface area contributed by atoms with Crippen LogP contribution in [0.3, 0.4) is 0 Å². The van der Waals surface area contributed by atoms with Crippen LogP contribution >= 0.6 is 0 Å². The van der Waals surface area contributed by atoms with Crippen LogP contribution in [-0.4, -0.2) is 27.0 Å². The topological polar surface area (TPSA) is 18.5 Å². The first-order chi connectivity index (χ1) is 13.2. The Morgan fingerprint density at radius 1 is 0.889 bits per heavy atom. The summed E-state index contributed by atoms with van der Waals surface area (Å²) in [5, 5.41) is 0. The number of hydrogen-bond acceptors (Lipinski definition) is 2. The molecule has 0 atom stereocenters. The number of hydrogen-bond donors (Lipinski definition) is 0. The Hall–Kier alpha value is -1.23. The van der Waals surface area contributed by atoms with E-state index < -0.39 is 11.6 Å². The number of benzene rings is 1. The van der Waals surface area contributed by atoms with Crippen molar-refractivity contribution in [2.24, 2.45) is 5.92 Å². The van der Waals surface area contributed by atoms with Gasteiger partial charge in [-0.2, -0.15) is 4.39 Å². The number of rotatable bonds is 12. The number of halogens is 3. The predicted molar refractivity (Wildman–Crippen MR) is 102 cm³/mol. The van der Waals surface area contributed by atoms with E-state index in [4.69, 9.17) is 9.47 Å². The van der Waals surface area contributed by atoms with E-state index in [-0.39, 0.29) is 18.3 Å². The van der Waals surface area contributed by atoms with Crippen LogP contribution in [0.4, 0.5) is 13.2 Å². The largest absolute Gasteiger partial charge is 0.490 e. The van der Waals surface area contributed by atoms with Gasteiger partial charge in [0.25, 0.3) is 0 Å². The second-order valence-corrected chi connectivity index (χ2v) is 7.59. The van der Waals surface area contributed by atoms with E-state index in [0.29, 0.717) is 24.5 Å². The fraction of sp³-hybridized carbons (Fsp3) is 0.727. The van der Waals surface area contributed by atoms with E-state index in [9.17, 15) is 13.2 Å². The van der Waals surface area contributed by atoms with Gasteiger partial charge in [-0.1, -0.05) is 12.5 Å². The van der Waals surface area contributed by atoms with Gasteiger partial charge in [0.05, 0.1) is 13.3 Å². The minimum absolute atomic E-state index is 0.00442. The van der Waals surface area contributed by atoms with E-state index in [2.05, 4.69) is 0 Å². The van der Waals surface area contributed by atoms with Gasteiger partial charge >= 0.3 is 0 Å². The summed E-state index contributed by atoms with van der Waals surface area (Å²) in [5.74, 6) is -1.05. The first-order valence-corrected chi connectivity index (χ1v) is 10.3. The van der Waals surface area contributed by atoms with Crippen LogP contribution in [0.25, 0.3) is 0 Å². The number of ether oxygens (including phenoxy) is 2. The Labute approximate surface area is 161 Å². The lowest BCUT2D eigenvalue weighted by Gasteiger charge is -2.29. The lowest BCUT2D eigenvalue weighted by atomic mass is 9.77. The molecule has 2 nitrogen and oxygen atoms in total. The molecule has 0 N–H and O–H groups in total. The Bertz CT molecular complexity index is 543. The van der Waals surface area contributed by atoms with Gasteiger partial charge in [-0.05, 0) is 81.3 Å². The maximum absolute atomic E-state index is 14.5. The number of unbranched alkanes of at least 4 members (excludes halogenated alkanes) is 3. The summed E-state index contributed by atoms with van der Waals surface area (Å²) in [5.41, 5.74) is 0.461. The molecular formula is C22H33F3O2. The molecule has 1 aromatic carbocycles. The van der Waals surface area contributed by atoms with Crippen LogP contribution in [0.1, 0.15) is 75.7 Å². The van der Waals surface area contributed by atoms with Gasteiger partial charge in [0.2, 0.25) is 5.82 Å². The molecular weight excluding hydrogens is 353 g/mol. The van der Waals surface area contributed by atoms with Gasteiger partial charge < -0.3 is 9.47 Å². The van der Waals surface area contributed by atoms with Crippen LogP contribution < -0.4 is 4.74 Å². The van der Waals surface area contributed by atoms with Crippen LogP contribution in [0.5, 0.6) is 5.75 Å². The summed E-state index contributed by atoms with van der Waals surface area (Å²) >= 11 is 0. The standard InChI is InChI=1S/C22H33F3O2/c1-26-15-4-2-3-5-16-27-20-13-12-19(21(24)22(20)25)18-10-8-17(9-11-18)7-6-14-23/h12-13,17-18H,2-11,14-16H2,1H3. The summed E-state index contributed by atoms with van der Waals surface area (Å²) in [6, 6.07) is 3.24. The Kier molecular flexibility index (Phi) is 10.0. The normalized spacial score (nSPS) is 20.0. The van der Waals surface area contributed by atoms with Crippen molar-refractivity contribution in [3.63, 3.8) is 0 Å². The SMILES string of the molecule is COCCCCCCOc1ccc(C2CCC(CCCF)CC2)c(F)c1F. The maximum Gasteiger partial charge on any atom is 0.200 e. The molecule has 2 rings (SSSR count).